The van der Waals surface area contributed by atoms with Crippen molar-refractivity contribution < 1.29 is 8.91 Å². The van der Waals surface area contributed by atoms with E-state index in [1.807, 2.05) is 0 Å². The molecule has 0 radical (unpaired) electrons. The van der Waals surface area contributed by atoms with Crippen molar-refractivity contribution in [1.82, 2.24) is 10.1 Å². The van der Waals surface area contributed by atoms with E-state index in [1.165, 1.54) is 12.1 Å². The molecule has 0 unspecified atom stereocenters. The minimum Gasteiger partial charge on any atom is -0.339 e. The van der Waals surface area contributed by atoms with Crippen LogP contribution in [0.3, 0.4) is 0 Å². The maximum atomic E-state index is 12.7. The van der Waals surface area contributed by atoms with Gasteiger partial charge in [-0.1, -0.05) is 17.3 Å². The normalized spacial score (nSPS) is 10.6. The van der Waals surface area contributed by atoms with Gasteiger partial charge in [-0.25, -0.2) is 4.39 Å². The van der Waals surface area contributed by atoms with Crippen LogP contribution < -0.4 is 0 Å². The molecule has 1 heterocycles. The summed E-state index contributed by atoms with van der Waals surface area (Å²) in [7, 11) is 0. The van der Waals surface area contributed by atoms with Gasteiger partial charge in [0, 0.05) is 18.7 Å². The quantitative estimate of drug-likeness (QED) is 0.771. The van der Waals surface area contributed by atoms with Gasteiger partial charge >= 0.3 is 0 Å². The van der Waals surface area contributed by atoms with E-state index in [2.05, 4.69) is 10.1 Å². The van der Waals surface area contributed by atoms with Crippen LogP contribution in [0.1, 0.15) is 17.3 Å². The standard InChI is InChI=1S/C11H10ClFN2O/c12-6-5-11-14-10(15-16-11)7-8-1-3-9(13)4-2-8/h1-4H,5-7H2. The average molecular weight is 241 g/mol. The fourth-order valence-electron chi connectivity index (χ4n) is 1.33. The molecular weight excluding hydrogens is 231 g/mol. The van der Waals surface area contributed by atoms with Crippen LogP contribution in [-0.2, 0) is 12.8 Å². The summed E-state index contributed by atoms with van der Waals surface area (Å²) in [6, 6.07) is 6.23. The number of benzene rings is 1. The first-order valence-electron chi connectivity index (χ1n) is 4.90. The van der Waals surface area contributed by atoms with E-state index in [4.69, 9.17) is 16.1 Å². The Hall–Kier alpha value is -1.42. The molecule has 1 aromatic heterocycles. The molecule has 0 atom stereocenters. The number of halogens is 2. The van der Waals surface area contributed by atoms with Crippen molar-refractivity contribution in [3.63, 3.8) is 0 Å². The van der Waals surface area contributed by atoms with Crippen LogP contribution in [0.5, 0.6) is 0 Å². The monoisotopic (exact) mass is 240 g/mol. The van der Waals surface area contributed by atoms with E-state index in [0.717, 1.165) is 5.56 Å². The van der Waals surface area contributed by atoms with Crippen molar-refractivity contribution in [2.75, 3.05) is 5.88 Å². The molecule has 0 aliphatic carbocycles. The van der Waals surface area contributed by atoms with Gasteiger partial charge in [0.1, 0.15) is 5.82 Å². The van der Waals surface area contributed by atoms with Gasteiger partial charge < -0.3 is 4.52 Å². The molecule has 0 aliphatic rings. The van der Waals surface area contributed by atoms with Crippen molar-refractivity contribution in [1.29, 1.82) is 0 Å². The lowest BCUT2D eigenvalue weighted by Gasteiger charge is -1.95. The molecule has 0 bridgehead atoms. The van der Waals surface area contributed by atoms with Crippen molar-refractivity contribution in [2.45, 2.75) is 12.8 Å². The Morgan fingerprint density at radius 1 is 1.25 bits per heavy atom. The first-order valence-corrected chi connectivity index (χ1v) is 5.43. The van der Waals surface area contributed by atoms with Crippen LogP contribution in [-0.4, -0.2) is 16.0 Å². The molecule has 84 valence electrons. The van der Waals surface area contributed by atoms with E-state index in [-0.39, 0.29) is 5.82 Å². The lowest BCUT2D eigenvalue weighted by Crippen LogP contribution is -1.92. The van der Waals surface area contributed by atoms with Gasteiger partial charge in [0.15, 0.2) is 5.82 Å². The second-order valence-corrected chi connectivity index (χ2v) is 3.72. The summed E-state index contributed by atoms with van der Waals surface area (Å²) in [5.74, 6) is 1.33. The molecule has 0 saturated heterocycles. The zero-order chi connectivity index (χ0) is 11.4. The van der Waals surface area contributed by atoms with E-state index in [1.54, 1.807) is 12.1 Å². The van der Waals surface area contributed by atoms with E-state index < -0.39 is 0 Å². The van der Waals surface area contributed by atoms with Crippen LogP contribution in [0.15, 0.2) is 28.8 Å². The Bertz CT molecular complexity index is 455. The smallest absolute Gasteiger partial charge is 0.227 e. The van der Waals surface area contributed by atoms with E-state index in [9.17, 15) is 4.39 Å². The number of hydrogen-bond donors (Lipinski definition) is 0. The highest BCUT2D eigenvalue weighted by Crippen LogP contribution is 2.08. The van der Waals surface area contributed by atoms with Gasteiger partial charge in [-0.2, -0.15) is 4.98 Å². The summed E-state index contributed by atoms with van der Waals surface area (Å²) in [4.78, 5) is 4.16. The van der Waals surface area contributed by atoms with E-state index in [0.29, 0.717) is 30.4 Å². The van der Waals surface area contributed by atoms with Crippen LogP contribution in [0, 0.1) is 5.82 Å². The zero-order valence-electron chi connectivity index (χ0n) is 8.49. The third-order valence-corrected chi connectivity index (χ3v) is 2.28. The highest BCUT2D eigenvalue weighted by atomic mass is 35.5. The predicted octanol–water partition coefficient (Wildman–Crippen LogP) is 2.58. The average Bonchev–Trinajstić information content (AvgIpc) is 2.70. The summed E-state index contributed by atoms with van der Waals surface area (Å²) in [6.07, 6.45) is 1.10. The minimum atomic E-state index is -0.250. The molecule has 1 aromatic carbocycles. The number of aromatic nitrogens is 2. The number of alkyl halides is 1. The summed E-state index contributed by atoms with van der Waals surface area (Å²) in [6.45, 7) is 0. The molecule has 3 nitrogen and oxygen atoms in total. The third kappa shape index (κ3) is 2.79. The second-order valence-electron chi connectivity index (χ2n) is 3.35. The van der Waals surface area contributed by atoms with Gasteiger partial charge in [0.2, 0.25) is 5.89 Å². The Labute approximate surface area is 97.2 Å². The highest BCUT2D eigenvalue weighted by molar-refractivity contribution is 6.17. The topological polar surface area (TPSA) is 38.9 Å². The summed E-state index contributed by atoms with van der Waals surface area (Å²) in [5.41, 5.74) is 0.944. The van der Waals surface area contributed by atoms with Gasteiger partial charge in [0.05, 0.1) is 0 Å². The van der Waals surface area contributed by atoms with Crippen LogP contribution in [0.25, 0.3) is 0 Å². The predicted molar refractivity (Wildman–Crippen MR) is 57.9 cm³/mol. The molecule has 16 heavy (non-hydrogen) atoms. The fourth-order valence-corrected chi connectivity index (χ4v) is 1.49. The molecule has 0 amide bonds. The largest absolute Gasteiger partial charge is 0.339 e. The summed E-state index contributed by atoms with van der Waals surface area (Å²) >= 11 is 5.55. The Morgan fingerprint density at radius 2 is 2.00 bits per heavy atom. The lowest BCUT2D eigenvalue weighted by molar-refractivity contribution is 0.378. The Kier molecular flexibility index (Phi) is 3.51. The first kappa shape index (κ1) is 11.1. The maximum Gasteiger partial charge on any atom is 0.227 e. The number of nitrogens with zero attached hydrogens (tertiary/aromatic N) is 2. The van der Waals surface area contributed by atoms with Crippen molar-refractivity contribution in [3.05, 3.63) is 47.4 Å². The fraction of sp³-hybridized carbons (Fsp3) is 0.273. The molecule has 0 saturated carbocycles. The Morgan fingerprint density at radius 3 is 2.69 bits per heavy atom. The Balaban J connectivity index is 2.05. The summed E-state index contributed by atoms with van der Waals surface area (Å²) < 4.78 is 17.6. The second kappa shape index (κ2) is 5.07. The van der Waals surface area contributed by atoms with Crippen molar-refractivity contribution >= 4 is 11.6 Å². The lowest BCUT2D eigenvalue weighted by atomic mass is 10.1. The zero-order valence-corrected chi connectivity index (χ0v) is 9.25. The third-order valence-electron chi connectivity index (χ3n) is 2.09. The molecule has 2 rings (SSSR count). The molecule has 5 heteroatoms. The molecule has 0 aliphatic heterocycles. The SMILES string of the molecule is Fc1ccc(Cc2noc(CCCl)n2)cc1. The number of hydrogen-bond acceptors (Lipinski definition) is 3. The van der Waals surface area contributed by atoms with Gasteiger partial charge in [-0.3, -0.25) is 0 Å². The molecular formula is C11H10ClFN2O. The maximum absolute atomic E-state index is 12.7. The molecule has 0 fully saturated rings. The summed E-state index contributed by atoms with van der Waals surface area (Å²) in [5, 5.41) is 3.81. The number of aryl methyl sites for hydroxylation is 1. The van der Waals surface area contributed by atoms with Crippen molar-refractivity contribution in [2.24, 2.45) is 0 Å². The van der Waals surface area contributed by atoms with Gasteiger partial charge in [-0.15, -0.1) is 11.6 Å². The van der Waals surface area contributed by atoms with E-state index >= 15 is 0 Å². The number of rotatable bonds is 4. The van der Waals surface area contributed by atoms with Crippen molar-refractivity contribution in [3.8, 4) is 0 Å². The molecule has 0 N–H and O–H groups in total. The first-order chi connectivity index (χ1) is 7.78. The highest BCUT2D eigenvalue weighted by Gasteiger charge is 2.06. The van der Waals surface area contributed by atoms with Crippen LogP contribution >= 0.6 is 11.6 Å². The van der Waals surface area contributed by atoms with Crippen LogP contribution in [0.2, 0.25) is 0 Å². The van der Waals surface area contributed by atoms with Crippen LogP contribution in [0.4, 0.5) is 4.39 Å². The molecule has 0 spiro atoms. The van der Waals surface area contributed by atoms with Gasteiger partial charge in [-0.05, 0) is 17.7 Å². The van der Waals surface area contributed by atoms with Gasteiger partial charge in [0.25, 0.3) is 0 Å². The minimum absolute atomic E-state index is 0.250. The molecule has 2 aromatic rings.